The topological polar surface area (TPSA) is 61.5 Å². The van der Waals surface area contributed by atoms with Gasteiger partial charge in [0.05, 0.1) is 18.7 Å². The fourth-order valence-corrected chi connectivity index (χ4v) is 2.05. The first-order chi connectivity index (χ1) is 9.15. The van der Waals surface area contributed by atoms with Crippen molar-refractivity contribution < 1.29 is 14.3 Å². The molecular weight excluding hydrogens is 266 g/mol. The Morgan fingerprint density at radius 1 is 1.47 bits per heavy atom. The second-order valence-electron chi connectivity index (χ2n) is 4.71. The average molecular weight is 284 g/mol. The average Bonchev–Trinajstić information content (AvgIpc) is 3.20. The molecule has 2 N–H and O–H groups in total. The van der Waals surface area contributed by atoms with Gasteiger partial charge in [0.2, 0.25) is 0 Å². The van der Waals surface area contributed by atoms with E-state index in [0.29, 0.717) is 47.6 Å². The predicted molar refractivity (Wildman–Crippen MR) is 74.2 cm³/mol. The maximum atomic E-state index is 11.8. The number of methoxy groups -OCH3 is 1. The second-order valence-corrected chi connectivity index (χ2v) is 5.11. The lowest BCUT2D eigenvalue weighted by atomic mass is 10.1. The van der Waals surface area contributed by atoms with Gasteiger partial charge in [0.15, 0.2) is 17.3 Å². The fraction of sp³-hybridized carbons (Fsp3) is 0.500. The van der Waals surface area contributed by atoms with Gasteiger partial charge < -0.3 is 15.2 Å². The standard InChI is InChI=1S/C14H18ClNO3/c1-18-13-7-10(12(17)4-5-16)6-11(15)14(13)19-8-9-2-3-9/h6-7,9H,2-5,8,16H2,1H3. The molecule has 1 aliphatic carbocycles. The van der Waals surface area contributed by atoms with Crippen LogP contribution in [0, 0.1) is 5.92 Å². The van der Waals surface area contributed by atoms with Gasteiger partial charge in [-0.2, -0.15) is 0 Å². The van der Waals surface area contributed by atoms with Crippen molar-refractivity contribution in [2.24, 2.45) is 11.7 Å². The number of carbonyl (C=O) groups excluding carboxylic acids is 1. The van der Waals surface area contributed by atoms with Gasteiger partial charge in [-0.25, -0.2) is 0 Å². The summed E-state index contributed by atoms with van der Waals surface area (Å²) in [6.45, 7) is 0.963. The van der Waals surface area contributed by atoms with Gasteiger partial charge in [0.1, 0.15) is 0 Å². The first-order valence-electron chi connectivity index (χ1n) is 6.39. The number of nitrogens with two attached hydrogens (primary N) is 1. The van der Waals surface area contributed by atoms with Crippen LogP contribution in [0.1, 0.15) is 29.6 Å². The first-order valence-corrected chi connectivity index (χ1v) is 6.77. The monoisotopic (exact) mass is 283 g/mol. The molecule has 104 valence electrons. The summed E-state index contributed by atoms with van der Waals surface area (Å²) in [6, 6.07) is 3.27. The molecule has 1 saturated carbocycles. The number of rotatable bonds is 7. The minimum absolute atomic E-state index is 0.0450. The van der Waals surface area contributed by atoms with Crippen LogP contribution < -0.4 is 15.2 Å². The Labute approximate surface area is 117 Å². The lowest BCUT2D eigenvalue weighted by Crippen LogP contribution is -2.09. The van der Waals surface area contributed by atoms with E-state index in [1.165, 1.54) is 20.0 Å². The summed E-state index contributed by atoms with van der Waals surface area (Å²) in [5, 5.41) is 0.403. The molecule has 19 heavy (non-hydrogen) atoms. The first kappa shape index (κ1) is 14.2. The third-order valence-electron chi connectivity index (χ3n) is 3.08. The molecule has 0 radical (unpaired) electrons. The molecule has 1 aliphatic rings. The van der Waals surface area contributed by atoms with Gasteiger partial charge in [-0.05, 0) is 37.4 Å². The van der Waals surface area contributed by atoms with E-state index in [0.717, 1.165) is 0 Å². The molecule has 2 rings (SSSR count). The van der Waals surface area contributed by atoms with E-state index < -0.39 is 0 Å². The highest BCUT2D eigenvalue weighted by atomic mass is 35.5. The van der Waals surface area contributed by atoms with Crippen LogP contribution in [0.2, 0.25) is 5.02 Å². The minimum Gasteiger partial charge on any atom is -0.493 e. The number of Topliss-reactive ketones (excluding diaryl/α,β-unsaturated/α-hetero) is 1. The Morgan fingerprint density at radius 3 is 2.79 bits per heavy atom. The second kappa shape index (κ2) is 6.26. The van der Waals surface area contributed by atoms with Crippen molar-refractivity contribution in [3.8, 4) is 11.5 Å². The largest absolute Gasteiger partial charge is 0.493 e. The van der Waals surface area contributed by atoms with E-state index >= 15 is 0 Å². The van der Waals surface area contributed by atoms with Crippen LogP contribution in [0.25, 0.3) is 0 Å². The van der Waals surface area contributed by atoms with Gasteiger partial charge in [0, 0.05) is 12.0 Å². The molecule has 0 bridgehead atoms. The number of ketones is 1. The highest BCUT2D eigenvalue weighted by Crippen LogP contribution is 2.38. The maximum absolute atomic E-state index is 11.8. The molecule has 4 nitrogen and oxygen atoms in total. The fourth-order valence-electron chi connectivity index (χ4n) is 1.78. The summed E-state index contributed by atoms with van der Waals surface area (Å²) < 4.78 is 10.9. The SMILES string of the molecule is COc1cc(C(=O)CCN)cc(Cl)c1OCC1CC1. The molecular formula is C14H18ClNO3. The smallest absolute Gasteiger partial charge is 0.179 e. The molecule has 1 aromatic carbocycles. The van der Waals surface area contributed by atoms with Crippen LogP contribution in [-0.2, 0) is 0 Å². The molecule has 0 unspecified atom stereocenters. The van der Waals surface area contributed by atoms with Gasteiger partial charge in [0.25, 0.3) is 0 Å². The number of hydrogen-bond acceptors (Lipinski definition) is 4. The lowest BCUT2D eigenvalue weighted by Gasteiger charge is -2.13. The van der Waals surface area contributed by atoms with Crippen molar-refractivity contribution in [1.82, 2.24) is 0 Å². The van der Waals surface area contributed by atoms with Crippen molar-refractivity contribution in [3.05, 3.63) is 22.7 Å². The van der Waals surface area contributed by atoms with Gasteiger partial charge in [-0.1, -0.05) is 11.6 Å². The third-order valence-corrected chi connectivity index (χ3v) is 3.36. The predicted octanol–water partition coefficient (Wildman–Crippen LogP) is 2.67. The van der Waals surface area contributed by atoms with E-state index in [1.807, 2.05) is 0 Å². The highest BCUT2D eigenvalue weighted by molar-refractivity contribution is 6.32. The lowest BCUT2D eigenvalue weighted by molar-refractivity contribution is 0.0985. The molecule has 0 aromatic heterocycles. The zero-order chi connectivity index (χ0) is 13.8. The van der Waals surface area contributed by atoms with Gasteiger partial charge >= 0.3 is 0 Å². The molecule has 5 heteroatoms. The molecule has 0 saturated heterocycles. The Hall–Kier alpha value is -1.26. The summed E-state index contributed by atoms with van der Waals surface area (Å²) in [6.07, 6.45) is 2.70. The number of carbonyl (C=O) groups is 1. The normalized spacial score (nSPS) is 14.3. The van der Waals surface area contributed by atoms with Crippen molar-refractivity contribution >= 4 is 17.4 Å². The van der Waals surface area contributed by atoms with Gasteiger partial charge in [-0.15, -0.1) is 0 Å². The van der Waals surface area contributed by atoms with E-state index in [-0.39, 0.29) is 5.78 Å². The van der Waals surface area contributed by atoms with Crippen LogP contribution in [0.3, 0.4) is 0 Å². The summed E-state index contributed by atoms with van der Waals surface area (Å²) in [7, 11) is 1.53. The quantitative estimate of drug-likeness (QED) is 0.782. The molecule has 0 aliphatic heterocycles. The molecule has 1 fully saturated rings. The molecule has 0 heterocycles. The number of ether oxygens (including phenoxy) is 2. The summed E-state index contributed by atoms with van der Waals surface area (Å²) >= 11 is 6.17. The molecule has 0 spiro atoms. The number of benzene rings is 1. The van der Waals surface area contributed by atoms with Crippen molar-refractivity contribution in [1.29, 1.82) is 0 Å². The Balaban J connectivity index is 2.20. The third kappa shape index (κ3) is 3.61. The number of halogens is 1. The zero-order valence-electron chi connectivity index (χ0n) is 10.9. The van der Waals surface area contributed by atoms with E-state index in [2.05, 4.69) is 0 Å². The van der Waals surface area contributed by atoms with Crippen LogP contribution >= 0.6 is 11.6 Å². The van der Waals surface area contributed by atoms with E-state index in [9.17, 15) is 4.79 Å². The molecule has 0 atom stereocenters. The van der Waals surface area contributed by atoms with E-state index in [4.69, 9.17) is 26.8 Å². The van der Waals surface area contributed by atoms with Crippen LogP contribution in [0.4, 0.5) is 0 Å². The van der Waals surface area contributed by atoms with Crippen LogP contribution in [0.15, 0.2) is 12.1 Å². The Kier molecular flexibility index (Phi) is 4.66. The van der Waals surface area contributed by atoms with Crippen molar-refractivity contribution in [2.75, 3.05) is 20.3 Å². The molecule has 0 amide bonds. The molecule has 1 aromatic rings. The van der Waals surface area contributed by atoms with Crippen molar-refractivity contribution in [3.63, 3.8) is 0 Å². The zero-order valence-corrected chi connectivity index (χ0v) is 11.7. The summed E-state index contributed by atoms with van der Waals surface area (Å²) in [5.41, 5.74) is 5.89. The maximum Gasteiger partial charge on any atom is 0.179 e. The van der Waals surface area contributed by atoms with Crippen LogP contribution in [0.5, 0.6) is 11.5 Å². The van der Waals surface area contributed by atoms with E-state index in [1.54, 1.807) is 12.1 Å². The van der Waals surface area contributed by atoms with Crippen LogP contribution in [-0.4, -0.2) is 26.0 Å². The van der Waals surface area contributed by atoms with Gasteiger partial charge in [-0.3, -0.25) is 4.79 Å². The Morgan fingerprint density at radius 2 is 2.21 bits per heavy atom. The van der Waals surface area contributed by atoms with Crippen molar-refractivity contribution in [2.45, 2.75) is 19.3 Å². The minimum atomic E-state index is -0.0450. The number of hydrogen-bond donors (Lipinski definition) is 1. The highest BCUT2D eigenvalue weighted by Gasteiger charge is 2.24. The Bertz CT molecular complexity index is 472. The summed E-state index contributed by atoms with van der Waals surface area (Å²) in [5.74, 6) is 1.59. The summed E-state index contributed by atoms with van der Waals surface area (Å²) in [4.78, 5) is 11.8.